The third-order valence-corrected chi connectivity index (χ3v) is 5.13. The van der Waals surface area contributed by atoms with E-state index in [1.807, 2.05) is 30.5 Å². The van der Waals surface area contributed by atoms with E-state index < -0.39 is 0 Å². The standard InChI is InChI=1S/C19H22ClN3S/c1-14-8-9-17(20)18(11-14)22-19(24)23(16-6-2-3-7-16)13-15-5-4-10-21-12-15/h4-5,8-12,16H,2-3,6-7,13H2,1H3,(H,22,24). The summed E-state index contributed by atoms with van der Waals surface area (Å²) in [6.45, 7) is 2.82. The average Bonchev–Trinajstić information content (AvgIpc) is 3.11. The lowest BCUT2D eigenvalue weighted by Crippen LogP contribution is -2.41. The van der Waals surface area contributed by atoms with Crippen LogP contribution >= 0.6 is 23.8 Å². The third-order valence-electron chi connectivity index (χ3n) is 4.47. The van der Waals surface area contributed by atoms with Gasteiger partial charge in [-0.05, 0) is 61.3 Å². The number of thiocarbonyl (C=S) groups is 1. The van der Waals surface area contributed by atoms with E-state index in [1.54, 1.807) is 6.20 Å². The number of aryl methyl sites for hydroxylation is 1. The van der Waals surface area contributed by atoms with Crippen LogP contribution in [0.1, 0.15) is 36.8 Å². The molecule has 1 heterocycles. The topological polar surface area (TPSA) is 28.2 Å². The molecule has 3 nitrogen and oxygen atoms in total. The lowest BCUT2D eigenvalue weighted by atomic mass is 10.2. The number of pyridine rings is 1. The summed E-state index contributed by atoms with van der Waals surface area (Å²) in [7, 11) is 0. The van der Waals surface area contributed by atoms with E-state index in [-0.39, 0.29) is 0 Å². The second-order valence-electron chi connectivity index (χ2n) is 6.34. The van der Waals surface area contributed by atoms with Gasteiger partial charge in [-0.15, -0.1) is 0 Å². The Morgan fingerprint density at radius 3 is 2.83 bits per heavy atom. The molecule has 0 spiro atoms. The van der Waals surface area contributed by atoms with Gasteiger partial charge in [0.15, 0.2) is 5.11 Å². The molecule has 0 unspecified atom stereocenters. The molecular weight excluding hydrogens is 338 g/mol. The van der Waals surface area contributed by atoms with Gasteiger partial charge < -0.3 is 10.2 Å². The smallest absolute Gasteiger partial charge is 0.174 e. The molecule has 126 valence electrons. The first-order chi connectivity index (χ1) is 11.6. The molecule has 1 aromatic carbocycles. The predicted molar refractivity (Wildman–Crippen MR) is 104 cm³/mol. The molecule has 1 fully saturated rings. The minimum Gasteiger partial charge on any atom is -0.342 e. The normalized spacial score (nSPS) is 14.6. The number of rotatable bonds is 4. The lowest BCUT2D eigenvalue weighted by Gasteiger charge is -2.32. The molecule has 5 heteroatoms. The van der Waals surface area contributed by atoms with E-state index in [2.05, 4.69) is 28.2 Å². The molecule has 1 saturated carbocycles. The first-order valence-electron chi connectivity index (χ1n) is 8.36. The average molecular weight is 360 g/mol. The zero-order valence-corrected chi connectivity index (χ0v) is 15.4. The summed E-state index contributed by atoms with van der Waals surface area (Å²) in [6.07, 6.45) is 8.61. The second-order valence-corrected chi connectivity index (χ2v) is 7.13. The molecule has 0 aliphatic heterocycles. The van der Waals surface area contributed by atoms with E-state index in [0.717, 1.165) is 22.9 Å². The number of anilines is 1. The fourth-order valence-electron chi connectivity index (χ4n) is 3.19. The predicted octanol–water partition coefficient (Wildman–Crippen LogP) is 5.19. The van der Waals surface area contributed by atoms with Crippen molar-refractivity contribution in [3.05, 3.63) is 58.9 Å². The van der Waals surface area contributed by atoms with Gasteiger partial charge in [0, 0.05) is 25.0 Å². The molecule has 1 aliphatic carbocycles. The lowest BCUT2D eigenvalue weighted by molar-refractivity contribution is 0.312. The van der Waals surface area contributed by atoms with E-state index in [9.17, 15) is 0 Å². The van der Waals surface area contributed by atoms with Crippen LogP contribution in [0.25, 0.3) is 0 Å². The zero-order chi connectivity index (χ0) is 16.9. The van der Waals surface area contributed by atoms with E-state index >= 15 is 0 Å². The Balaban J connectivity index is 1.79. The van der Waals surface area contributed by atoms with Gasteiger partial charge in [0.1, 0.15) is 0 Å². The van der Waals surface area contributed by atoms with Crippen molar-refractivity contribution in [3.63, 3.8) is 0 Å². The molecule has 0 amide bonds. The van der Waals surface area contributed by atoms with Gasteiger partial charge in [-0.1, -0.05) is 36.6 Å². The molecule has 0 atom stereocenters. The van der Waals surface area contributed by atoms with Gasteiger partial charge in [0.2, 0.25) is 0 Å². The number of nitrogens with one attached hydrogen (secondary N) is 1. The highest BCUT2D eigenvalue weighted by Crippen LogP contribution is 2.28. The number of hydrogen-bond donors (Lipinski definition) is 1. The zero-order valence-electron chi connectivity index (χ0n) is 13.8. The van der Waals surface area contributed by atoms with Crippen LogP contribution in [0.2, 0.25) is 5.02 Å². The van der Waals surface area contributed by atoms with Crippen LogP contribution in [0.3, 0.4) is 0 Å². The Morgan fingerprint density at radius 2 is 2.12 bits per heavy atom. The summed E-state index contributed by atoms with van der Waals surface area (Å²) < 4.78 is 0. The third kappa shape index (κ3) is 4.25. The molecule has 24 heavy (non-hydrogen) atoms. The molecule has 0 bridgehead atoms. The highest BCUT2D eigenvalue weighted by atomic mass is 35.5. The molecule has 1 aromatic heterocycles. The van der Waals surface area contributed by atoms with Crippen molar-refractivity contribution >= 4 is 34.6 Å². The maximum absolute atomic E-state index is 6.31. The van der Waals surface area contributed by atoms with Crippen molar-refractivity contribution in [2.45, 2.75) is 45.2 Å². The number of aromatic nitrogens is 1. The Hall–Kier alpha value is -1.65. The van der Waals surface area contributed by atoms with Gasteiger partial charge in [-0.2, -0.15) is 0 Å². The molecule has 1 N–H and O–H groups in total. The Labute approximate surface area is 154 Å². The first kappa shape index (κ1) is 17.2. The van der Waals surface area contributed by atoms with Gasteiger partial charge in [0.25, 0.3) is 0 Å². The van der Waals surface area contributed by atoms with Crippen molar-refractivity contribution in [1.29, 1.82) is 0 Å². The number of halogens is 1. The van der Waals surface area contributed by atoms with Gasteiger partial charge in [0.05, 0.1) is 10.7 Å². The van der Waals surface area contributed by atoms with Gasteiger partial charge in [-0.3, -0.25) is 4.98 Å². The van der Waals surface area contributed by atoms with E-state index in [4.69, 9.17) is 23.8 Å². The fourth-order valence-corrected chi connectivity index (χ4v) is 3.68. The van der Waals surface area contributed by atoms with Crippen molar-refractivity contribution in [2.75, 3.05) is 5.32 Å². The van der Waals surface area contributed by atoms with Crippen molar-refractivity contribution in [3.8, 4) is 0 Å². The summed E-state index contributed by atoms with van der Waals surface area (Å²) in [4.78, 5) is 6.51. The maximum Gasteiger partial charge on any atom is 0.174 e. The number of benzene rings is 1. The summed E-state index contributed by atoms with van der Waals surface area (Å²) >= 11 is 12.0. The van der Waals surface area contributed by atoms with Crippen LogP contribution in [0.5, 0.6) is 0 Å². The first-order valence-corrected chi connectivity index (χ1v) is 9.15. The van der Waals surface area contributed by atoms with Crippen LogP contribution in [-0.4, -0.2) is 21.0 Å². The quantitative estimate of drug-likeness (QED) is 0.761. The Kier molecular flexibility index (Phi) is 5.69. The van der Waals surface area contributed by atoms with Gasteiger partial charge in [-0.25, -0.2) is 0 Å². The molecule has 1 aliphatic rings. The van der Waals surface area contributed by atoms with Crippen LogP contribution in [0, 0.1) is 6.92 Å². The minimum atomic E-state index is 0.480. The molecule has 3 rings (SSSR count). The molecule has 0 saturated heterocycles. The molecular formula is C19H22ClN3S. The number of hydrogen-bond acceptors (Lipinski definition) is 2. The highest BCUT2D eigenvalue weighted by Gasteiger charge is 2.25. The summed E-state index contributed by atoms with van der Waals surface area (Å²) in [5, 5.41) is 4.78. The maximum atomic E-state index is 6.31. The second kappa shape index (κ2) is 7.95. The molecule has 2 aromatic rings. The largest absolute Gasteiger partial charge is 0.342 e. The summed E-state index contributed by atoms with van der Waals surface area (Å²) in [6, 6.07) is 10.5. The van der Waals surface area contributed by atoms with Crippen molar-refractivity contribution in [2.24, 2.45) is 0 Å². The van der Waals surface area contributed by atoms with Crippen LogP contribution in [0.4, 0.5) is 5.69 Å². The number of nitrogens with zero attached hydrogens (tertiary/aromatic N) is 2. The van der Waals surface area contributed by atoms with Crippen LogP contribution < -0.4 is 5.32 Å². The van der Waals surface area contributed by atoms with Gasteiger partial charge >= 0.3 is 0 Å². The Bertz CT molecular complexity index is 699. The summed E-state index contributed by atoms with van der Waals surface area (Å²) in [5.41, 5.74) is 3.20. The molecule has 0 radical (unpaired) electrons. The van der Waals surface area contributed by atoms with Crippen LogP contribution in [0.15, 0.2) is 42.7 Å². The van der Waals surface area contributed by atoms with E-state index in [0.29, 0.717) is 11.1 Å². The monoisotopic (exact) mass is 359 g/mol. The van der Waals surface area contributed by atoms with Crippen LogP contribution in [-0.2, 0) is 6.54 Å². The fraction of sp³-hybridized carbons (Fsp3) is 0.368. The highest BCUT2D eigenvalue weighted by molar-refractivity contribution is 7.80. The van der Waals surface area contributed by atoms with E-state index in [1.165, 1.54) is 31.2 Å². The minimum absolute atomic E-state index is 0.480. The van der Waals surface area contributed by atoms with Crippen molar-refractivity contribution < 1.29 is 0 Å². The SMILES string of the molecule is Cc1ccc(Cl)c(NC(=S)N(Cc2cccnc2)C2CCCC2)c1. The van der Waals surface area contributed by atoms with Crippen molar-refractivity contribution in [1.82, 2.24) is 9.88 Å². The summed E-state index contributed by atoms with van der Waals surface area (Å²) in [5.74, 6) is 0. The Morgan fingerprint density at radius 1 is 1.33 bits per heavy atom.